The van der Waals surface area contributed by atoms with E-state index in [0.29, 0.717) is 11.4 Å². The minimum absolute atomic E-state index is 0.0317. The molecule has 1 fully saturated rings. The Balaban J connectivity index is 1.59. The van der Waals surface area contributed by atoms with E-state index in [1.165, 1.54) is 5.01 Å². The van der Waals surface area contributed by atoms with Crippen molar-refractivity contribution in [2.24, 2.45) is 22.5 Å². The lowest BCUT2D eigenvalue weighted by Crippen LogP contribution is -2.43. The Bertz CT molecular complexity index is 994. The number of hydrogen-bond donors (Lipinski definition) is 4. The fraction of sp³-hybridized carbons (Fsp3) is 0.476. The van der Waals surface area contributed by atoms with E-state index in [-0.39, 0.29) is 42.2 Å². The maximum atomic E-state index is 14.7. The van der Waals surface area contributed by atoms with Crippen LogP contribution in [0.25, 0.3) is 0 Å². The van der Waals surface area contributed by atoms with E-state index in [0.717, 1.165) is 31.7 Å². The third kappa shape index (κ3) is 4.43. The van der Waals surface area contributed by atoms with E-state index in [4.69, 9.17) is 11.5 Å². The van der Waals surface area contributed by atoms with Crippen LogP contribution in [-0.2, 0) is 0 Å². The van der Waals surface area contributed by atoms with E-state index < -0.39 is 30.3 Å². The summed E-state index contributed by atoms with van der Waals surface area (Å²) in [4.78, 5) is 16.2. The number of alkyl halides is 1. The summed E-state index contributed by atoms with van der Waals surface area (Å²) in [6.45, 7) is -0.687. The highest BCUT2D eigenvalue weighted by molar-refractivity contribution is 5.98. The highest BCUT2D eigenvalue weighted by Crippen LogP contribution is 2.35. The van der Waals surface area contributed by atoms with Crippen molar-refractivity contribution in [1.82, 2.24) is 9.99 Å². The molecule has 1 unspecified atom stereocenters. The van der Waals surface area contributed by atoms with Gasteiger partial charge in [-0.15, -0.1) is 5.10 Å². The molecule has 0 spiro atoms. The summed E-state index contributed by atoms with van der Waals surface area (Å²) in [5.74, 6) is -2.81. The molecule has 0 radical (unpaired) electrons. The van der Waals surface area contributed by atoms with Crippen LogP contribution in [0.4, 0.5) is 24.8 Å². The molecule has 0 bridgehead atoms. The average molecular weight is 449 g/mol. The molecular formula is C21H26F3N7O. The monoisotopic (exact) mass is 449 g/mol. The third-order valence-electron chi connectivity index (χ3n) is 6.00. The van der Waals surface area contributed by atoms with Gasteiger partial charge >= 0.3 is 0 Å². The fourth-order valence-electron chi connectivity index (χ4n) is 4.30. The molecule has 1 aliphatic heterocycles. The van der Waals surface area contributed by atoms with Gasteiger partial charge in [0.2, 0.25) is 5.97 Å². The quantitative estimate of drug-likeness (QED) is 0.508. The smallest absolute Gasteiger partial charge is 0.252 e. The van der Waals surface area contributed by atoms with E-state index in [9.17, 15) is 18.0 Å². The van der Waals surface area contributed by atoms with Crippen molar-refractivity contribution < 1.29 is 18.0 Å². The molecule has 2 aliphatic carbocycles. The van der Waals surface area contributed by atoms with Gasteiger partial charge in [0.1, 0.15) is 12.5 Å². The van der Waals surface area contributed by atoms with Crippen LogP contribution in [0.5, 0.6) is 0 Å². The number of carbonyl (C=O) groups is 1. The molecule has 0 saturated heterocycles. The molecule has 4 rings (SSSR count). The minimum Gasteiger partial charge on any atom is -0.365 e. The highest BCUT2D eigenvalue weighted by Gasteiger charge is 2.35. The first-order chi connectivity index (χ1) is 15.4. The Morgan fingerprint density at radius 2 is 2.00 bits per heavy atom. The SMILES string of the molecule is NC(=O)c1cc(F)c(N[C@@H]2CCCC[C@@H]2N)nc1NC1=CC=C2C(C1)C(F)=NN2CCF. The van der Waals surface area contributed by atoms with Crippen molar-refractivity contribution in [2.75, 3.05) is 23.9 Å². The molecular weight excluding hydrogens is 423 g/mol. The number of amides is 1. The lowest BCUT2D eigenvalue weighted by Gasteiger charge is -2.30. The molecule has 6 N–H and O–H groups in total. The van der Waals surface area contributed by atoms with Crippen LogP contribution < -0.4 is 22.1 Å². The molecule has 1 aromatic rings. The van der Waals surface area contributed by atoms with Gasteiger partial charge in [0.15, 0.2) is 11.6 Å². The molecule has 11 heteroatoms. The summed E-state index contributed by atoms with van der Waals surface area (Å²) in [5, 5.41) is 11.1. The topological polar surface area (TPSA) is 122 Å². The molecule has 3 aliphatic rings. The predicted octanol–water partition coefficient (Wildman–Crippen LogP) is 2.77. The summed E-state index contributed by atoms with van der Waals surface area (Å²) in [7, 11) is 0. The van der Waals surface area contributed by atoms with Gasteiger partial charge in [-0.1, -0.05) is 12.8 Å². The molecule has 1 aromatic heterocycles. The van der Waals surface area contributed by atoms with Gasteiger partial charge in [-0.2, -0.15) is 4.39 Å². The zero-order chi connectivity index (χ0) is 22.8. The molecule has 0 aromatic carbocycles. The number of hydrazone groups is 1. The van der Waals surface area contributed by atoms with Crippen LogP contribution in [0, 0.1) is 11.7 Å². The zero-order valence-corrected chi connectivity index (χ0v) is 17.5. The third-order valence-corrected chi connectivity index (χ3v) is 6.00. The number of allylic oxidation sites excluding steroid dienone is 4. The summed E-state index contributed by atoms with van der Waals surface area (Å²) >= 11 is 0. The molecule has 2 heterocycles. The Hall–Kier alpha value is -3.08. The first-order valence-corrected chi connectivity index (χ1v) is 10.6. The Labute approximate surface area is 183 Å². The lowest BCUT2D eigenvalue weighted by molar-refractivity contribution is 0.100. The fourth-order valence-corrected chi connectivity index (χ4v) is 4.30. The normalized spacial score (nSPS) is 24.9. The van der Waals surface area contributed by atoms with Gasteiger partial charge in [-0.05, 0) is 31.1 Å². The second kappa shape index (κ2) is 9.19. The molecule has 8 nitrogen and oxygen atoms in total. The van der Waals surface area contributed by atoms with Crippen molar-refractivity contribution in [3.8, 4) is 0 Å². The van der Waals surface area contributed by atoms with Crippen LogP contribution in [-0.4, -0.2) is 47.2 Å². The molecule has 172 valence electrons. The number of fused-ring (bicyclic) bond motifs is 1. The second-order valence-corrected chi connectivity index (χ2v) is 8.18. The first-order valence-electron chi connectivity index (χ1n) is 10.6. The van der Waals surface area contributed by atoms with Crippen molar-refractivity contribution in [3.63, 3.8) is 0 Å². The van der Waals surface area contributed by atoms with Crippen LogP contribution in [0.15, 0.2) is 34.7 Å². The molecule has 3 atom stereocenters. The summed E-state index contributed by atoms with van der Waals surface area (Å²) in [6.07, 6.45) is 7.12. The van der Waals surface area contributed by atoms with Crippen molar-refractivity contribution >= 4 is 23.5 Å². The van der Waals surface area contributed by atoms with Crippen molar-refractivity contribution in [3.05, 3.63) is 41.0 Å². The van der Waals surface area contributed by atoms with Gasteiger partial charge in [0.25, 0.3) is 5.91 Å². The summed E-state index contributed by atoms with van der Waals surface area (Å²) in [6, 6.07) is 0.765. The van der Waals surface area contributed by atoms with Gasteiger partial charge in [0.05, 0.1) is 18.0 Å². The molecule has 1 saturated carbocycles. The van der Waals surface area contributed by atoms with Crippen molar-refractivity contribution in [2.45, 2.75) is 44.2 Å². The van der Waals surface area contributed by atoms with Gasteiger partial charge in [-0.25, -0.2) is 13.8 Å². The number of aromatic nitrogens is 1. The highest BCUT2D eigenvalue weighted by atomic mass is 19.1. The van der Waals surface area contributed by atoms with E-state index in [1.54, 1.807) is 12.2 Å². The van der Waals surface area contributed by atoms with Gasteiger partial charge in [0, 0.05) is 29.9 Å². The number of nitrogens with one attached hydrogen (secondary N) is 2. The zero-order valence-electron chi connectivity index (χ0n) is 17.5. The largest absolute Gasteiger partial charge is 0.365 e. The van der Waals surface area contributed by atoms with Crippen LogP contribution in [0.1, 0.15) is 42.5 Å². The number of carbonyl (C=O) groups excluding carboxylic acids is 1. The Morgan fingerprint density at radius 3 is 2.72 bits per heavy atom. The number of nitrogens with two attached hydrogens (primary N) is 2. The number of rotatable bonds is 7. The molecule has 32 heavy (non-hydrogen) atoms. The number of pyridine rings is 1. The first kappa shape index (κ1) is 22.1. The van der Waals surface area contributed by atoms with E-state index in [1.807, 2.05) is 0 Å². The summed E-state index contributed by atoms with van der Waals surface area (Å²) < 4.78 is 41.7. The van der Waals surface area contributed by atoms with Crippen LogP contribution in [0.3, 0.4) is 0 Å². The Morgan fingerprint density at radius 1 is 1.22 bits per heavy atom. The van der Waals surface area contributed by atoms with Crippen LogP contribution in [0.2, 0.25) is 0 Å². The second-order valence-electron chi connectivity index (χ2n) is 8.18. The Kier molecular flexibility index (Phi) is 6.35. The van der Waals surface area contributed by atoms with Crippen LogP contribution >= 0.6 is 0 Å². The number of anilines is 2. The van der Waals surface area contributed by atoms with Crippen molar-refractivity contribution in [1.29, 1.82) is 0 Å². The van der Waals surface area contributed by atoms with E-state index >= 15 is 0 Å². The standard InChI is InChI=1S/C21H26F3N7O/c22-7-8-31-17-6-5-11(9-12(17)18(24)30-31)27-20-13(19(26)32)10-14(23)21(29-20)28-16-4-2-1-3-15(16)25/h5-6,10,12,15-16H,1-4,7-9,25H2,(H2,26,32)(H2,27,28,29)/t12?,15-,16+/m0/s1. The maximum Gasteiger partial charge on any atom is 0.252 e. The maximum absolute atomic E-state index is 14.7. The summed E-state index contributed by atoms with van der Waals surface area (Å²) in [5.41, 5.74) is 12.5. The molecule has 1 amide bonds. The number of nitrogens with zero attached hydrogens (tertiary/aromatic N) is 3. The van der Waals surface area contributed by atoms with E-state index in [2.05, 4.69) is 20.7 Å². The van der Waals surface area contributed by atoms with Gasteiger partial charge in [-0.3, -0.25) is 9.80 Å². The average Bonchev–Trinajstić information content (AvgIpc) is 3.07. The number of hydrogen-bond acceptors (Lipinski definition) is 7. The number of halogens is 3. The lowest BCUT2D eigenvalue weighted by atomic mass is 9.91. The van der Waals surface area contributed by atoms with Gasteiger partial charge < -0.3 is 22.1 Å². The number of primary amides is 1. The predicted molar refractivity (Wildman–Crippen MR) is 116 cm³/mol. The minimum atomic E-state index is -0.852.